The van der Waals surface area contributed by atoms with Gasteiger partial charge in [0.2, 0.25) is 5.16 Å². The first-order valence-electron chi connectivity index (χ1n) is 6.18. The van der Waals surface area contributed by atoms with Crippen LogP contribution in [0.15, 0.2) is 5.16 Å². The molecule has 0 N–H and O–H groups in total. The minimum Gasteiger partial charge on any atom is -0.468 e. The van der Waals surface area contributed by atoms with Crippen molar-refractivity contribution in [2.75, 3.05) is 7.11 Å². The van der Waals surface area contributed by atoms with Gasteiger partial charge in [0.05, 0.1) is 7.11 Å². The summed E-state index contributed by atoms with van der Waals surface area (Å²) >= 11 is 1.67. The first kappa shape index (κ1) is 13.3. The standard InChI is InChI=1S/C11H18N4O2S/c1-8-4-3-5-9(6-8)18-11-12-13-14-15(11)7-10(16)17-2/h8-9H,3-7H2,1-2H3. The second-order valence-corrected chi connectivity index (χ2v) is 5.97. The average Bonchev–Trinajstić information content (AvgIpc) is 2.76. The Bertz CT molecular complexity index is 410. The molecule has 7 heteroatoms. The van der Waals surface area contributed by atoms with E-state index in [4.69, 9.17) is 0 Å². The fourth-order valence-electron chi connectivity index (χ4n) is 2.20. The summed E-state index contributed by atoms with van der Waals surface area (Å²) in [6, 6.07) is 0. The van der Waals surface area contributed by atoms with Crippen LogP contribution >= 0.6 is 11.8 Å². The maximum atomic E-state index is 11.2. The number of carbonyl (C=O) groups is 1. The average molecular weight is 270 g/mol. The van der Waals surface area contributed by atoms with Crippen LogP contribution in [0.25, 0.3) is 0 Å². The zero-order valence-electron chi connectivity index (χ0n) is 10.7. The summed E-state index contributed by atoms with van der Waals surface area (Å²) in [6.07, 6.45) is 4.96. The number of rotatable bonds is 4. The molecule has 2 atom stereocenters. The SMILES string of the molecule is COC(=O)Cn1nnnc1SC1CCCC(C)C1. The van der Waals surface area contributed by atoms with Crippen LogP contribution in [0.4, 0.5) is 0 Å². The maximum absolute atomic E-state index is 11.2. The second-order valence-electron chi connectivity index (χ2n) is 4.71. The van der Waals surface area contributed by atoms with Crippen LogP contribution in [-0.2, 0) is 16.1 Å². The molecule has 2 unspecified atom stereocenters. The fraction of sp³-hybridized carbons (Fsp3) is 0.818. The van der Waals surface area contributed by atoms with Crippen molar-refractivity contribution in [1.29, 1.82) is 0 Å². The number of carbonyl (C=O) groups excluding carboxylic acids is 1. The highest BCUT2D eigenvalue weighted by molar-refractivity contribution is 7.99. The maximum Gasteiger partial charge on any atom is 0.327 e. The molecule has 0 radical (unpaired) electrons. The minimum absolute atomic E-state index is 0.0775. The van der Waals surface area contributed by atoms with Crippen molar-refractivity contribution in [2.24, 2.45) is 5.92 Å². The van der Waals surface area contributed by atoms with Crippen LogP contribution in [0.2, 0.25) is 0 Å². The van der Waals surface area contributed by atoms with E-state index in [1.165, 1.54) is 37.5 Å². The van der Waals surface area contributed by atoms with E-state index in [0.29, 0.717) is 10.4 Å². The molecule has 1 aromatic heterocycles. The van der Waals surface area contributed by atoms with Gasteiger partial charge in [0, 0.05) is 5.25 Å². The Kier molecular flexibility index (Phi) is 4.57. The number of methoxy groups -OCH3 is 1. The Morgan fingerprint density at radius 1 is 1.56 bits per heavy atom. The van der Waals surface area contributed by atoms with Gasteiger partial charge in [-0.15, -0.1) is 5.10 Å². The molecule has 0 amide bonds. The van der Waals surface area contributed by atoms with Gasteiger partial charge in [-0.25, -0.2) is 4.68 Å². The third-order valence-corrected chi connectivity index (χ3v) is 4.43. The predicted molar refractivity (Wildman–Crippen MR) is 67.1 cm³/mol. The van der Waals surface area contributed by atoms with E-state index in [1.54, 1.807) is 11.8 Å². The summed E-state index contributed by atoms with van der Waals surface area (Å²) in [4.78, 5) is 11.2. The van der Waals surface area contributed by atoms with E-state index in [9.17, 15) is 4.79 Å². The number of nitrogens with zero attached hydrogens (tertiary/aromatic N) is 4. The van der Waals surface area contributed by atoms with E-state index in [0.717, 1.165) is 5.92 Å². The van der Waals surface area contributed by atoms with Crippen LogP contribution in [0.1, 0.15) is 32.6 Å². The lowest BCUT2D eigenvalue weighted by molar-refractivity contribution is -0.141. The molecule has 0 aliphatic heterocycles. The van der Waals surface area contributed by atoms with E-state index in [1.807, 2.05) is 0 Å². The summed E-state index contributed by atoms with van der Waals surface area (Å²) in [5.41, 5.74) is 0. The number of ether oxygens (including phenoxy) is 1. The minimum atomic E-state index is -0.332. The quantitative estimate of drug-likeness (QED) is 0.773. The number of hydrogen-bond donors (Lipinski definition) is 0. The van der Waals surface area contributed by atoms with Gasteiger partial charge in [-0.1, -0.05) is 31.5 Å². The fourth-order valence-corrected chi connectivity index (χ4v) is 3.52. The van der Waals surface area contributed by atoms with Crippen LogP contribution in [0, 0.1) is 5.92 Å². The topological polar surface area (TPSA) is 69.9 Å². The van der Waals surface area contributed by atoms with E-state index >= 15 is 0 Å². The molecule has 1 fully saturated rings. The molecule has 2 rings (SSSR count). The van der Waals surface area contributed by atoms with Gasteiger partial charge < -0.3 is 4.74 Å². The number of hydrogen-bond acceptors (Lipinski definition) is 6. The lowest BCUT2D eigenvalue weighted by atomic mass is 9.91. The van der Waals surface area contributed by atoms with Gasteiger partial charge in [-0.3, -0.25) is 4.79 Å². The van der Waals surface area contributed by atoms with Crippen molar-refractivity contribution in [3.8, 4) is 0 Å². The second kappa shape index (κ2) is 6.17. The molecule has 1 aliphatic rings. The summed E-state index contributed by atoms with van der Waals surface area (Å²) < 4.78 is 6.13. The molecular formula is C11H18N4O2S. The van der Waals surface area contributed by atoms with Crippen molar-refractivity contribution in [3.63, 3.8) is 0 Å². The molecule has 100 valence electrons. The van der Waals surface area contributed by atoms with Crippen LogP contribution in [0.3, 0.4) is 0 Å². The molecular weight excluding hydrogens is 252 g/mol. The van der Waals surface area contributed by atoms with Crippen LogP contribution in [0.5, 0.6) is 0 Å². The normalized spacial score (nSPS) is 23.9. The summed E-state index contributed by atoms with van der Waals surface area (Å²) in [5, 5.41) is 12.7. The zero-order valence-corrected chi connectivity index (χ0v) is 11.5. The third-order valence-electron chi connectivity index (χ3n) is 3.17. The van der Waals surface area contributed by atoms with Gasteiger partial charge in [0.25, 0.3) is 0 Å². The Hall–Kier alpha value is -1.11. The Morgan fingerprint density at radius 2 is 2.39 bits per heavy atom. The van der Waals surface area contributed by atoms with Gasteiger partial charge in [0.1, 0.15) is 6.54 Å². The number of esters is 1. The summed E-state index contributed by atoms with van der Waals surface area (Å²) in [7, 11) is 1.36. The van der Waals surface area contributed by atoms with Crippen molar-refractivity contribution in [3.05, 3.63) is 0 Å². The molecule has 1 aromatic rings. The molecule has 1 aliphatic carbocycles. The molecule has 1 saturated carbocycles. The Morgan fingerprint density at radius 3 is 3.11 bits per heavy atom. The molecule has 0 bridgehead atoms. The summed E-state index contributed by atoms with van der Waals surface area (Å²) in [5.74, 6) is 0.433. The number of tetrazole rings is 1. The smallest absolute Gasteiger partial charge is 0.327 e. The molecule has 0 spiro atoms. The molecule has 0 saturated heterocycles. The highest BCUT2D eigenvalue weighted by Crippen LogP contribution is 2.34. The van der Waals surface area contributed by atoms with Crippen molar-refractivity contribution in [2.45, 2.75) is 49.6 Å². The van der Waals surface area contributed by atoms with Crippen LogP contribution < -0.4 is 0 Å². The van der Waals surface area contributed by atoms with Crippen molar-refractivity contribution in [1.82, 2.24) is 20.2 Å². The van der Waals surface area contributed by atoms with Crippen LogP contribution in [-0.4, -0.2) is 38.5 Å². The largest absolute Gasteiger partial charge is 0.468 e. The first-order valence-corrected chi connectivity index (χ1v) is 7.06. The molecule has 0 aromatic carbocycles. The van der Waals surface area contributed by atoms with E-state index in [-0.39, 0.29) is 12.5 Å². The van der Waals surface area contributed by atoms with Gasteiger partial charge in [-0.05, 0) is 29.2 Å². The number of aromatic nitrogens is 4. The third kappa shape index (κ3) is 3.44. The highest BCUT2D eigenvalue weighted by atomic mass is 32.2. The van der Waals surface area contributed by atoms with Crippen molar-refractivity contribution < 1.29 is 9.53 Å². The lowest BCUT2D eigenvalue weighted by Gasteiger charge is -2.25. The molecule has 6 nitrogen and oxygen atoms in total. The Balaban J connectivity index is 1.96. The first-order chi connectivity index (χ1) is 8.69. The summed E-state index contributed by atoms with van der Waals surface area (Å²) in [6.45, 7) is 2.36. The van der Waals surface area contributed by atoms with E-state index in [2.05, 4.69) is 27.2 Å². The monoisotopic (exact) mass is 270 g/mol. The van der Waals surface area contributed by atoms with Gasteiger partial charge in [0.15, 0.2) is 0 Å². The lowest BCUT2D eigenvalue weighted by Crippen LogP contribution is -2.18. The zero-order chi connectivity index (χ0) is 13.0. The molecule has 1 heterocycles. The van der Waals surface area contributed by atoms with Gasteiger partial charge in [-0.2, -0.15) is 0 Å². The predicted octanol–water partition coefficient (Wildman–Crippen LogP) is 1.52. The Labute approximate surface area is 110 Å². The van der Waals surface area contributed by atoms with E-state index < -0.39 is 0 Å². The number of thioether (sulfide) groups is 1. The molecule has 18 heavy (non-hydrogen) atoms. The van der Waals surface area contributed by atoms with Crippen molar-refractivity contribution >= 4 is 17.7 Å². The highest BCUT2D eigenvalue weighted by Gasteiger charge is 2.22. The van der Waals surface area contributed by atoms with Gasteiger partial charge >= 0.3 is 5.97 Å².